The van der Waals surface area contributed by atoms with Crippen LogP contribution >= 0.6 is 0 Å². The maximum atomic E-state index is 15.2. The molecule has 3 aromatic carbocycles. The van der Waals surface area contributed by atoms with Gasteiger partial charge in [0, 0.05) is 16.7 Å². The third kappa shape index (κ3) is 4.10. The van der Waals surface area contributed by atoms with Gasteiger partial charge in [0.05, 0.1) is 0 Å². The predicted molar refractivity (Wildman–Crippen MR) is 111 cm³/mol. The third-order valence-electron chi connectivity index (χ3n) is 6.16. The lowest BCUT2D eigenvalue weighted by Gasteiger charge is -2.27. The molecule has 0 spiro atoms. The Bertz CT molecular complexity index is 1100. The summed E-state index contributed by atoms with van der Waals surface area (Å²) in [4.78, 5) is 0. The molecule has 162 valence electrons. The second-order valence-corrected chi connectivity index (χ2v) is 8.18. The van der Waals surface area contributed by atoms with Crippen LogP contribution < -0.4 is 0 Å². The van der Waals surface area contributed by atoms with Crippen LogP contribution in [0.4, 0.5) is 22.0 Å². The molecule has 0 bridgehead atoms. The van der Waals surface area contributed by atoms with Crippen LogP contribution in [0, 0.1) is 29.1 Å². The van der Waals surface area contributed by atoms with E-state index in [1.807, 2.05) is 6.92 Å². The molecular weight excluding hydrogens is 407 g/mol. The lowest BCUT2D eigenvalue weighted by Crippen LogP contribution is -2.17. The predicted octanol–water partition coefficient (Wildman–Crippen LogP) is 7.66. The molecule has 0 nitrogen and oxygen atoms in total. The number of halogens is 5. The molecule has 5 heteroatoms. The highest BCUT2D eigenvalue weighted by atomic mass is 19.2. The third-order valence-corrected chi connectivity index (χ3v) is 6.16. The average Bonchev–Trinajstić information content (AvgIpc) is 2.74. The molecule has 0 amide bonds. The SMILES string of the molecule is CCCCc1cc(F)c(C2CCc3c(ccc(-c4cccc(F)c4F)c3F)C2)c(F)c1. The summed E-state index contributed by atoms with van der Waals surface area (Å²) < 4.78 is 72.4. The first kappa shape index (κ1) is 21.5. The van der Waals surface area contributed by atoms with Gasteiger partial charge in [0.1, 0.15) is 17.5 Å². The van der Waals surface area contributed by atoms with E-state index in [0.717, 1.165) is 18.9 Å². The second-order valence-electron chi connectivity index (χ2n) is 8.18. The van der Waals surface area contributed by atoms with Gasteiger partial charge in [-0.1, -0.05) is 37.6 Å². The van der Waals surface area contributed by atoms with Gasteiger partial charge in [-0.3, -0.25) is 0 Å². The van der Waals surface area contributed by atoms with Crippen LogP contribution in [0.2, 0.25) is 0 Å². The Morgan fingerprint density at radius 3 is 2.26 bits per heavy atom. The maximum Gasteiger partial charge on any atom is 0.166 e. The lowest BCUT2D eigenvalue weighted by molar-refractivity contribution is 0.480. The summed E-state index contributed by atoms with van der Waals surface area (Å²) in [5.74, 6) is -4.25. The van der Waals surface area contributed by atoms with Gasteiger partial charge in [-0.25, -0.2) is 22.0 Å². The van der Waals surface area contributed by atoms with E-state index >= 15 is 4.39 Å². The van der Waals surface area contributed by atoms with Crippen LogP contribution in [0.15, 0.2) is 42.5 Å². The van der Waals surface area contributed by atoms with Gasteiger partial charge in [-0.05, 0) is 72.9 Å². The molecule has 0 aromatic heterocycles. The number of unbranched alkanes of at least 4 members (excludes halogenated alkanes) is 1. The van der Waals surface area contributed by atoms with Crippen LogP contribution in [-0.2, 0) is 19.3 Å². The molecule has 0 N–H and O–H groups in total. The topological polar surface area (TPSA) is 0 Å². The Morgan fingerprint density at radius 1 is 0.839 bits per heavy atom. The van der Waals surface area contributed by atoms with Crippen LogP contribution in [0.25, 0.3) is 11.1 Å². The monoisotopic (exact) mass is 430 g/mol. The Balaban J connectivity index is 1.65. The highest BCUT2D eigenvalue weighted by Gasteiger charge is 2.28. The van der Waals surface area contributed by atoms with Gasteiger partial charge in [-0.2, -0.15) is 0 Å². The van der Waals surface area contributed by atoms with Crippen molar-refractivity contribution in [1.82, 2.24) is 0 Å². The summed E-state index contributed by atoms with van der Waals surface area (Å²) in [7, 11) is 0. The Morgan fingerprint density at radius 2 is 1.55 bits per heavy atom. The van der Waals surface area contributed by atoms with Crippen molar-refractivity contribution in [3.05, 3.63) is 93.8 Å². The van der Waals surface area contributed by atoms with E-state index in [4.69, 9.17) is 0 Å². The largest absolute Gasteiger partial charge is 0.207 e. The van der Waals surface area contributed by atoms with Gasteiger partial charge in [0.15, 0.2) is 11.6 Å². The van der Waals surface area contributed by atoms with Crippen molar-refractivity contribution in [3.63, 3.8) is 0 Å². The molecule has 0 saturated heterocycles. The minimum Gasteiger partial charge on any atom is -0.207 e. The maximum absolute atomic E-state index is 15.2. The molecule has 0 radical (unpaired) electrons. The number of hydrogen-bond donors (Lipinski definition) is 0. The van der Waals surface area contributed by atoms with Crippen molar-refractivity contribution < 1.29 is 22.0 Å². The van der Waals surface area contributed by atoms with E-state index in [0.29, 0.717) is 36.0 Å². The van der Waals surface area contributed by atoms with E-state index < -0.39 is 35.0 Å². The fraction of sp³-hybridized carbons (Fsp3) is 0.308. The minimum atomic E-state index is -1.10. The van der Waals surface area contributed by atoms with Gasteiger partial charge in [-0.15, -0.1) is 0 Å². The Hall–Kier alpha value is -2.69. The van der Waals surface area contributed by atoms with Crippen LogP contribution in [0.3, 0.4) is 0 Å². The second kappa shape index (κ2) is 8.81. The number of benzene rings is 3. The van der Waals surface area contributed by atoms with E-state index in [2.05, 4.69) is 0 Å². The highest BCUT2D eigenvalue weighted by Crippen LogP contribution is 2.39. The van der Waals surface area contributed by atoms with E-state index in [1.165, 1.54) is 30.3 Å². The van der Waals surface area contributed by atoms with Crippen LogP contribution in [-0.4, -0.2) is 0 Å². The fourth-order valence-electron chi connectivity index (χ4n) is 4.53. The first-order chi connectivity index (χ1) is 14.9. The number of hydrogen-bond acceptors (Lipinski definition) is 0. The smallest absolute Gasteiger partial charge is 0.166 e. The number of rotatable bonds is 5. The zero-order chi connectivity index (χ0) is 22.1. The van der Waals surface area contributed by atoms with Gasteiger partial charge in [0.25, 0.3) is 0 Å². The molecule has 0 saturated carbocycles. The molecule has 1 unspecified atom stereocenters. The van der Waals surface area contributed by atoms with Gasteiger partial charge < -0.3 is 0 Å². The normalized spacial score (nSPS) is 15.7. The molecule has 0 aliphatic heterocycles. The zero-order valence-corrected chi connectivity index (χ0v) is 17.3. The first-order valence-corrected chi connectivity index (χ1v) is 10.6. The quantitative estimate of drug-likeness (QED) is 0.365. The summed E-state index contributed by atoms with van der Waals surface area (Å²) in [6, 6.07) is 9.51. The molecule has 31 heavy (non-hydrogen) atoms. The number of aryl methyl sites for hydroxylation is 1. The van der Waals surface area contributed by atoms with E-state index in [9.17, 15) is 17.6 Å². The minimum absolute atomic E-state index is 0.00756. The molecular formula is C26H23F5. The molecule has 0 fully saturated rings. The summed E-state index contributed by atoms with van der Waals surface area (Å²) in [6.07, 6.45) is 3.37. The summed E-state index contributed by atoms with van der Waals surface area (Å²) >= 11 is 0. The Labute approximate surface area is 178 Å². The standard InChI is InChI=1S/C26H23F5/c1-2-3-5-15-12-22(28)24(23(29)13-15)17-9-10-18-16(14-17)8-11-20(25(18)30)19-6-4-7-21(27)26(19)31/h4,6-8,11-13,17H,2-3,5,9-10,14H2,1H3. The average molecular weight is 430 g/mol. The van der Waals surface area contributed by atoms with Crippen LogP contribution in [0.1, 0.15) is 54.4 Å². The molecule has 1 atom stereocenters. The number of fused-ring (bicyclic) bond motifs is 1. The van der Waals surface area contributed by atoms with E-state index in [-0.39, 0.29) is 23.1 Å². The lowest BCUT2D eigenvalue weighted by atomic mass is 9.78. The zero-order valence-electron chi connectivity index (χ0n) is 17.3. The van der Waals surface area contributed by atoms with Gasteiger partial charge in [0.2, 0.25) is 0 Å². The molecule has 1 aliphatic carbocycles. The van der Waals surface area contributed by atoms with E-state index in [1.54, 1.807) is 6.07 Å². The molecule has 4 rings (SSSR count). The van der Waals surface area contributed by atoms with Crippen molar-refractivity contribution in [1.29, 1.82) is 0 Å². The van der Waals surface area contributed by atoms with Gasteiger partial charge >= 0.3 is 0 Å². The van der Waals surface area contributed by atoms with Crippen molar-refractivity contribution in [3.8, 4) is 11.1 Å². The van der Waals surface area contributed by atoms with Crippen molar-refractivity contribution in [2.45, 2.75) is 51.4 Å². The fourth-order valence-corrected chi connectivity index (χ4v) is 4.53. The van der Waals surface area contributed by atoms with Crippen molar-refractivity contribution >= 4 is 0 Å². The van der Waals surface area contributed by atoms with Crippen molar-refractivity contribution in [2.24, 2.45) is 0 Å². The molecule has 3 aromatic rings. The summed E-state index contributed by atoms with van der Waals surface area (Å²) in [6.45, 7) is 2.02. The van der Waals surface area contributed by atoms with Crippen LogP contribution in [0.5, 0.6) is 0 Å². The summed E-state index contributed by atoms with van der Waals surface area (Å²) in [5.41, 5.74) is 1.59. The highest BCUT2D eigenvalue weighted by molar-refractivity contribution is 5.67. The van der Waals surface area contributed by atoms with Crippen molar-refractivity contribution in [2.75, 3.05) is 0 Å². The molecule has 1 aliphatic rings. The summed E-state index contributed by atoms with van der Waals surface area (Å²) in [5, 5.41) is 0. The molecule has 0 heterocycles. The Kier molecular flexibility index (Phi) is 6.12. The first-order valence-electron chi connectivity index (χ1n) is 10.6.